The van der Waals surface area contributed by atoms with Gasteiger partial charge in [0.1, 0.15) is 0 Å². The van der Waals surface area contributed by atoms with Crippen LogP contribution in [0, 0.1) is 17.8 Å². The van der Waals surface area contributed by atoms with Crippen LogP contribution in [0.25, 0.3) is 0 Å². The summed E-state index contributed by atoms with van der Waals surface area (Å²) >= 11 is 20.3. The number of carbonyl (C=O) groups excluding carboxylic acids is 5. The molecule has 196 valence electrons. The molecular weight excluding hydrogens is 551 g/mol. The van der Waals surface area contributed by atoms with Crippen molar-refractivity contribution in [2.24, 2.45) is 17.8 Å². The fourth-order valence-electron chi connectivity index (χ4n) is 6.31. The number of hydrogen-bond donors (Lipinski definition) is 1. The first-order valence-corrected chi connectivity index (χ1v) is 12.4. The lowest BCUT2D eigenvalue weighted by Crippen LogP contribution is -2.60. The van der Waals surface area contributed by atoms with E-state index in [4.69, 9.17) is 39.5 Å². The Bertz CT molecular complexity index is 1330. The topological polar surface area (TPSA) is 131 Å². The van der Waals surface area contributed by atoms with Crippen molar-refractivity contribution < 1.29 is 38.6 Å². The molecule has 10 nitrogen and oxygen atoms in total. The number of phenolic OH excluding ortho intramolecular Hbond substituents is 1. The maximum Gasteiger partial charge on any atom is 0.423 e. The van der Waals surface area contributed by atoms with Gasteiger partial charge in [0.25, 0.3) is 11.8 Å². The minimum atomic E-state index is -2.02. The fraction of sp³-hybridized carbons (Fsp3) is 0.458. The van der Waals surface area contributed by atoms with Crippen LogP contribution in [0.5, 0.6) is 11.5 Å². The van der Waals surface area contributed by atoms with E-state index in [9.17, 15) is 29.1 Å². The second-order valence-electron chi connectivity index (χ2n) is 9.53. The second-order valence-corrected chi connectivity index (χ2v) is 11.2. The normalized spacial score (nSPS) is 34.7. The molecule has 4 aliphatic rings. The summed E-state index contributed by atoms with van der Waals surface area (Å²) in [7, 11) is 3.64. The van der Waals surface area contributed by atoms with Crippen molar-refractivity contribution in [1.29, 1.82) is 0 Å². The SMILES string of the molecule is COC(=O)N1C(=O)C2CC=C3C(CC4(Cl)C(=O)N(C)C(=O)C4(Cl)C3c3cc(Cl)c(O)c(OC)c3)C2C1=O. The molecule has 2 aliphatic carbocycles. The van der Waals surface area contributed by atoms with Gasteiger partial charge in [-0.2, -0.15) is 4.90 Å². The average molecular weight is 572 g/mol. The Morgan fingerprint density at radius 1 is 1.08 bits per heavy atom. The van der Waals surface area contributed by atoms with Gasteiger partial charge in [0.05, 0.1) is 31.1 Å². The molecule has 1 N–H and O–H groups in total. The van der Waals surface area contributed by atoms with Gasteiger partial charge in [-0.3, -0.25) is 24.1 Å². The minimum Gasteiger partial charge on any atom is -0.503 e. The molecule has 37 heavy (non-hydrogen) atoms. The highest BCUT2D eigenvalue weighted by atomic mass is 35.5. The lowest BCUT2D eigenvalue weighted by atomic mass is 9.56. The molecule has 5 rings (SSSR count). The third kappa shape index (κ3) is 3.09. The second kappa shape index (κ2) is 8.34. The monoisotopic (exact) mass is 570 g/mol. The Hall–Kier alpha value is -2.82. The molecule has 0 aromatic heterocycles. The molecule has 2 saturated heterocycles. The van der Waals surface area contributed by atoms with Crippen molar-refractivity contribution in [3.8, 4) is 11.5 Å². The van der Waals surface area contributed by atoms with E-state index in [0.29, 0.717) is 16.0 Å². The molecule has 6 unspecified atom stereocenters. The number of hydrogen-bond acceptors (Lipinski definition) is 8. The molecular formula is C24H21Cl3N2O8. The molecule has 13 heteroatoms. The lowest BCUT2D eigenvalue weighted by molar-refractivity contribution is -0.139. The van der Waals surface area contributed by atoms with Crippen LogP contribution in [0.4, 0.5) is 4.79 Å². The maximum atomic E-state index is 13.5. The number of imide groups is 4. The van der Waals surface area contributed by atoms with E-state index in [0.717, 1.165) is 12.0 Å². The zero-order valence-corrected chi connectivity index (χ0v) is 22.1. The number of carbonyl (C=O) groups is 5. The van der Waals surface area contributed by atoms with Gasteiger partial charge >= 0.3 is 6.09 Å². The van der Waals surface area contributed by atoms with Crippen molar-refractivity contribution >= 4 is 64.5 Å². The van der Waals surface area contributed by atoms with Crippen LogP contribution in [-0.2, 0) is 23.9 Å². The van der Waals surface area contributed by atoms with Crippen molar-refractivity contribution in [1.82, 2.24) is 9.80 Å². The molecule has 3 fully saturated rings. The first-order valence-electron chi connectivity index (χ1n) is 11.3. The summed E-state index contributed by atoms with van der Waals surface area (Å²) in [6, 6.07) is 2.82. The zero-order chi connectivity index (χ0) is 27.2. The molecule has 1 aromatic rings. The quantitative estimate of drug-likeness (QED) is 0.326. The van der Waals surface area contributed by atoms with Crippen LogP contribution >= 0.6 is 34.8 Å². The summed E-state index contributed by atoms with van der Waals surface area (Å²) in [5.41, 5.74) is 0.813. The summed E-state index contributed by atoms with van der Waals surface area (Å²) in [6.45, 7) is 0. The highest BCUT2D eigenvalue weighted by molar-refractivity contribution is 6.53. The highest BCUT2D eigenvalue weighted by Crippen LogP contribution is 2.65. The molecule has 1 saturated carbocycles. The number of fused-ring (bicyclic) bond motifs is 4. The summed E-state index contributed by atoms with van der Waals surface area (Å²) in [5.74, 6) is -7.14. The summed E-state index contributed by atoms with van der Waals surface area (Å²) in [4.78, 5) is 62.8. The Morgan fingerprint density at radius 2 is 1.76 bits per heavy atom. The van der Waals surface area contributed by atoms with Gasteiger partial charge in [0.2, 0.25) is 11.8 Å². The van der Waals surface area contributed by atoms with E-state index >= 15 is 0 Å². The molecule has 5 amide bonds. The van der Waals surface area contributed by atoms with Gasteiger partial charge in [-0.1, -0.05) is 23.3 Å². The fourth-order valence-corrected chi connectivity index (χ4v) is 7.54. The van der Waals surface area contributed by atoms with Crippen LogP contribution in [0.1, 0.15) is 24.3 Å². The van der Waals surface area contributed by atoms with Gasteiger partial charge in [-0.05, 0) is 36.5 Å². The van der Waals surface area contributed by atoms with Gasteiger partial charge in [0, 0.05) is 13.0 Å². The van der Waals surface area contributed by atoms with E-state index in [2.05, 4.69) is 4.74 Å². The number of amides is 5. The Labute approximate surface area is 226 Å². The zero-order valence-electron chi connectivity index (χ0n) is 19.8. The summed E-state index contributed by atoms with van der Waals surface area (Å²) in [6.07, 6.45) is 0.446. The molecule has 6 atom stereocenters. The van der Waals surface area contributed by atoms with Crippen molar-refractivity contribution in [3.05, 3.63) is 34.4 Å². The third-order valence-electron chi connectivity index (χ3n) is 7.98. The number of methoxy groups -OCH3 is 2. The number of rotatable bonds is 2. The standard InChI is InChI=1S/C24H21Cl3N2O8/c1-28-20(33)23(26)8-12-10(4-5-11-15(12)19(32)29(18(11)31)22(35)37-3)16(24(23,27)21(28)34)9-6-13(25)17(30)14(7-9)36-2/h4,6-7,11-12,15-16,30H,5,8H2,1-3H3. The summed E-state index contributed by atoms with van der Waals surface area (Å²) < 4.78 is 9.87. The van der Waals surface area contributed by atoms with Crippen molar-refractivity contribution in [2.45, 2.75) is 28.5 Å². The predicted octanol–water partition coefficient (Wildman–Crippen LogP) is 2.81. The molecule has 1 aromatic carbocycles. The Morgan fingerprint density at radius 3 is 2.38 bits per heavy atom. The Kier molecular flexibility index (Phi) is 5.82. The van der Waals surface area contributed by atoms with E-state index < -0.39 is 63.1 Å². The Balaban J connectivity index is 1.74. The van der Waals surface area contributed by atoms with Crippen LogP contribution in [0.3, 0.4) is 0 Å². The average Bonchev–Trinajstić information content (AvgIpc) is 3.20. The number of likely N-dealkylation sites (tertiary alicyclic amines) is 2. The van der Waals surface area contributed by atoms with Crippen molar-refractivity contribution in [3.63, 3.8) is 0 Å². The predicted molar refractivity (Wildman–Crippen MR) is 129 cm³/mol. The van der Waals surface area contributed by atoms with Gasteiger partial charge in [-0.25, -0.2) is 4.79 Å². The highest BCUT2D eigenvalue weighted by Gasteiger charge is 2.76. The lowest BCUT2D eigenvalue weighted by Gasteiger charge is -2.50. The first kappa shape index (κ1) is 25.8. The maximum absolute atomic E-state index is 13.5. The van der Waals surface area contributed by atoms with Crippen LogP contribution in [0.2, 0.25) is 5.02 Å². The van der Waals surface area contributed by atoms with Crippen LogP contribution in [-0.4, -0.2) is 75.6 Å². The van der Waals surface area contributed by atoms with E-state index in [1.54, 1.807) is 6.08 Å². The van der Waals surface area contributed by atoms with Crippen LogP contribution < -0.4 is 4.74 Å². The molecule has 2 heterocycles. The molecule has 2 aliphatic heterocycles. The number of benzene rings is 1. The number of nitrogens with zero attached hydrogens (tertiary/aromatic N) is 2. The third-order valence-corrected chi connectivity index (χ3v) is 9.68. The number of halogens is 3. The largest absolute Gasteiger partial charge is 0.503 e. The van der Waals surface area contributed by atoms with Crippen LogP contribution in [0.15, 0.2) is 23.8 Å². The number of alkyl halides is 2. The molecule has 0 spiro atoms. The number of allylic oxidation sites excluding steroid dienone is 2. The number of aromatic hydroxyl groups is 1. The van der Waals surface area contributed by atoms with Gasteiger partial charge < -0.3 is 14.6 Å². The van der Waals surface area contributed by atoms with E-state index in [-0.39, 0.29) is 29.4 Å². The van der Waals surface area contributed by atoms with Gasteiger partial charge in [-0.15, -0.1) is 23.2 Å². The number of ether oxygens (including phenoxy) is 2. The summed E-state index contributed by atoms with van der Waals surface area (Å²) in [5, 5.41) is 10.2. The van der Waals surface area contributed by atoms with E-state index in [1.807, 2.05) is 0 Å². The van der Waals surface area contributed by atoms with E-state index in [1.165, 1.54) is 26.3 Å². The van der Waals surface area contributed by atoms with Gasteiger partial charge in [0.15, 0.2) is 21.2 Å². The number of phenols is 1. The first-order chi connectivity index (χ1) is 17.3. The smallest absolute Gasteiger partial charge is 0.423 e. The van der Waals surface area contributed by atoms with Crippen molar-refractivity contribution in [2.75, 3.05) is 21.3 Å². The minimum absolute atomic E-state index is 0.00605. The molecule has 0 bridgehead atoms. The molecule has 0 radical (unpaired) electrons.